The van der Waals surface area contributed by atoms with Gasteiger partial charge in [0.1, 0.15) is 5.75 Å². The van der Waals surface area contributed by atoms with Crippen LogP contribution in [-0.4, -0.2) is 31.1 Å². The molecule has 144 valence electrons. The zero-order chi connectivity index (χ0) is 19.6. The number of ether oxygens (including phenoxy) is 2. The molecule has 0 spiro atoms. The summed E-state index contributed by atoms with van der Waals surface area (Å²) in [5.41, 5.74) is 1.50. The van der Waals surface area contributed by atoms with Crippen LogP contribution in [0.25, 0.3) is 0 Å². The monoisotopic (exact) mass is 369 g/mol. The Morgan fingerprint density at radius 1 is 1.00 bits per heavy atom. The average Bonchev–Trinajstić information content (AvgIpc) is 2.67. The molecule has 5 heteroatoms. The predicted octanol–water partition coefficient (Wildman–Crippen LogP) is 3.63. The van der Waals surface area contributed by atoms with Crippen molar-refractivity contribution in [2.24, 2.45) is 5.92 Å². The second-order valence-corrected chi connectivity index (χ2v) is 6.81. The van der Waals surface area contributed by atoms with Crippen molar-refractivity contribution in [1.82, 2.24) is 5.32 Å². The van der Waals surface area contributed by atoms with Gasteiger partial charge in [-0.05, 0) is 43.0 Å². The third-order valence-corrected chi connectivity index (χ3v) is 3.86. The number of benzene rings is 2. The minimum atomic E-state index is -0.867. The summed E-state index contributed by atoms with van der Waals surface area (Å²) < 4.78 is 10.9. The molecule has 2 aromatic rings. The molecule has 1 atom stereocenters. The van der Waals surface area contributed by atoms with Gasteiger partial charge in [0.25, 0.3) is 5.91 Å². The van der Waals surface area contributed by atoms with E-state index in [1.807, 2.05) is 30.3 Å². The van der Waals surface area contributed by atoms with Gasteiger partial charge >= 0.3 is 5.97 Å². The van der Waals surface area contributed by atoms with Crippen LogP contribution in [0.1, 0.15) is 36.7 Å². The summed E-state index contributed by atoms with van der Waals surface area (Å²) in [4.78, 5) is 24.4. The van der Waals surface area contributed by atoms with E-state index in [2.05, 4.69) is 19.2 Å². The molecular formula is C22H27NO4. The Morgan fingerprint density at radius 3 is 2.44 bits per heavy atom. The van der Waals surface area contributed by atoms with Gasteiger partial charge in [0, 0.05) is 6.54 Å². The molecule has 0 radical (unpaired) electrons. The highest BCUT2D eigenvalue weighted by Gasteiger charge is 2.19. The fourth-order valence-electron chi connectivity index (χ4n) is 2.38. The lowest BCUT2D eigenvalue weighted by Gasteiger charge is -2.14. The molecule has 0 aliphatic heterocycles. The van der Waals surface area contributed by atoms with Crippen LogP contribution in [0, 0.1) is 5.92 Å². The molecule has 0 aromatic heterocycles. The number of esters is 1. The van der Waals surface area contributed by atoms with E-state index in [1.54, 1.807) is 31.2 Å². The van der Waals surface area contributed by atoms with E-state index in [1.165, 1.54) is 0 Å². The quantitative estimate of drug-likeness (QED) is 0.686. The molecule has 1 N–H and O–H groups in total. The van der Waals surface area contributed by atoms with Crippen molar-refractivity contribution in [1.29, 1.82) is 0 Å². The lowest BCUT2D eigenvalue weighted by molar-refractivity contribution is -0.129. The molecule has 0 aliphatic carbocycles. The van der Waals surface area contributed by atoms with Crippen LogP contribution in [0.2, 0.25) is 0 Å². The third-order valence-electron chi connectivity index (χ3n) is 3.86. The van der Waals surface area contributed by atoms with Crippen molar-refractivity contribution >= 4 is 11.9 Å². The van der Waals surface area contributed by atoms with Crippen molar-refractivity contribution in [3.05, 3.63) is 65.7 Å². The van der Waals surface area contributed by atoms with Gasteiger partial charge in [-0.2, -0.15) is 0 Å². The van der Waals surface area contributed by atoms with Gasteiger partial charge in [0.15, 0.2) is 6.10 Å². The third kappa shape index (κ3) is 7.13. The van der Waals surface area contributed by atoms with E-state index in [0.29, 0.717) is 30.4 Å². The first-order valence-corrected chi connectivity index (χ1v) is 9.21. The summed E-state index contributed by atoms with van der Waals surface area (Å²) in [6.45, 7) is 6.73. The van der Waals surface area contributed by atoms with Crippen LogP contribution >= 0.6 is 0 Å². The highest BCUT2D eigenvalue weighted by atomic mass is 16.5. The largest absolute Gasteiger partial charge is 0.493 e. The molecule has 0 fully saturated rings. The Hall–Kier alpha value is -2.82. The van der Waals surface area contributed by atoms with Gasteiger partial charge in [-0.3, -0.25) is 4.79 Å². The number of nitrogens with one attached hydrogen (secondary N) is 1. The summed E-state index contributed by atoms with van der Waals surface area (Å²) in [7, 11) is 0. The molecule has 1 unspecified atom stereocenters. The normalized spacial score (nSPS) is 11.7. The standard InChI is InChI=1S/C22H27NO4/c1-16(2)15-26-20-11-7-10-19(14-20)22(25)27-17(3)21(24)23-13-12-18-8-5-4-6-9-18/h4-11,14,16-17H,12-13,15H2,1-3H3,(H,23,24). The number of rotatable bonds is 9. The zero-order valence-electron chi connectivity index (χ0n) is 16.1. The fraction of sp³-hybridized carbons (Fsp3) is 0.364. The first-order chi connectivity index (χ1) is 13.0. The van der Waals surface area contributed by atoms with Gasteiger partial charge in [-0.1, -0.05) is 50.2 Å². The highest BCUT2D eigenvalue weighted by Crippen LogP contribution is 2.15. The Balaban J connectivity index is 1.81. The highest BCUT2D eigenvalue weighted by molar-refractivity contribution is 5.92. The molecule has 2 rings (SSSR count). The second kappa shape index (κ2) is 10.4. The molecular weight excluding hydrogens is 342 g/mol. The van der Waals surface area contributed by atoms with Gasteiger partial charge in [0.05, 0.1) is 12.2 Å². The van der Waals surface area contributed by atoms with E-state index in [4.69, 9.17) is 9.47 Å². The Bertz CT molecular complexity index is 743. The predicted molar refractivity (Wildman–Crippen MR) is 105 cm³/mol. The first-order valence-electron chi connectivity index (χ1n) is 9.21. The molecule has 1 amide bonds. The van der Waals surface area contributed by atoms with Crippen LogP contribution in [0.15, 0.2) is 54.6 Å². The van der Waals surface area contributed by atoms with Crippen molar-refractivity contribution in [2.75, 3.05) is 13.2 Å². The topological polar surface area (TPSA) is 64.6 Å². The molecule has 0 aliphatic rings. The molecule has 0 saturated heterocycles. The molecule has 0 heterocycles. The van der Waals surface area contributed by atoms with E-state index in [-0.39, 0.29) is 5.91 Å². The maximum atomic E-state index is 12.3. The lowest BCUT2D eigenvalue weighted by Crippen LogP contribution is -2.36. The van der Waals surface area contributed by atoms with E-state index in [9.17, 15) is 9.59 Å². The maximum Gasteiger partial charge on any atom is 0.339 e. The van der Waals surface area contributed by atoms with Gasteiger partial charge in [0.2, 0.25) is 0 Å². The summed E-state index contributed by atoms with van der Waals surface area (Å²) >= 11 is 0. The number of carbonyl (C=O) groups is 2. The molecule has 0 bridgehead atoms. The van der Waals surface area contributed by atoms with E-state index < -0.39 is 12.1 Å². The Morgan fingerprint density at radius 2 is 1.74 bits per heavy atom. The maximum absolute atomic E-state index is 12.3. The van der Waals surface area contributed by atoms with Gasteiger partial charge in [-0.25, -0.2) is 4.79 Å². The van der Waals surface area contributed by atoms with Crippen molar-refractivity contribution in [3.8, 4) is 5.75 Å². The summed E-state index contributed by atoms with van der Waals surface area (Å²) in [6, 6.07) is 16.7. The fourth-order valence-corrected chi connectivity index (χ4v) is 2.38. The van der Waals surface area contributed by atoms with E-state index in [0.717, 1.165) is 12.0 Å². The summed E-state index contributed by atoms with van der Waals surface area (Å²) in [5, 5.41) is 2.79. The van der Waals surface area contributed by atoms with Crippen molar-refractivity contribution in [2.45, 2.75) is 33.3 Å². The van der Waals surface area contributed by atoms with Gasteiger partial charge in [-0.15, -0.1) is 0 Å². The smallest absolute Gasteiger partial charge is 0.339 e. The molecule has 27 heavy (non-hydrogen) atoms. The second-order valence-electron chi connectivity index (χ2n) is 6.81. The van der Waals surface area contributed by atoms with E-state index >= 15 is 0 Å². The SMILES string of the molecule is CC(C)COc1cccc(C(=O)OC(C)C(=O)NCCc2ccccc2)c1. The van der Waals surface area contributed by atoms with Crippen molar-refractivity contribution < 1.29 is 19.1 Å². The number of amides is 1. The van der Waals surface area contributed by atoms with Crippen LogP contribution in [-0.2, 0) is 16.0 Å². The number of carbonyl (C=O) groups excluding carboxylic acids is 2. The Labute approximate surface area is 160 Å². The number of hydrogen-bond donors (Lipinski definition) is 1. The first kappa shape index (κ1) is 20.5. The van der Waals surface area contributed by atoms with Crippen LogP contribution in [0.4, 0.5) is 0 Å². The zero-order valence-corrected chi connectivity index (χ0v) is 16.1. The number of hydrogen-bond acceptors (Lipinski definition) is 4. The van der Waals surface area contributed by atoms with Crippen LogP contribution in [0.5, 0.6) is 5.75 Å². The molecule has 0 saturated carbocycles. The molecule has 5 nitrogen and oxygen atoms in total. The Kier molecular flexibility index (Phi) is 7.86. The van der Waals surface area contributed by atoms with Crippen LogP contribution in [0.3, 0.4) is 0 Å². The summed E-state index contributed by atoms with van der Waals surface area (Å²) in [6.07, 6.45) is -0.142. The van der Waals surface area contributed by atoms with Crippen LogP contribution < -0.4 is 10.1 Å². The minimum Gasteiger partial charge on any atom is -0.493 e. The van der Waals surface area contributed by atoms with Gasteiger partial charge < -0.3 is 14.8 Å². The van der Waals surface area contributed by atoms with Crippen molar-refractivity contribution in [3.63, 3.8) is 0 Å². The average molecular weight is 369 g/mol. The minimum absolute atomic E-state index is 0.313. The summed E-state index contributed by atoms with van der Waals surface area (Å²) in [5.74, 6) is 0.139. The lowest BCUT2D eigenvalue weighted by atomic mass is 10.1. The molecule has 2 aromatic carbocycles.